The van der Waals surface area contributed by atoms with Crippen molar-refractivity contribution in [1.29, 1.82) is 0 Å². The quantitative estimate of drug-likeness (QED) is 0.796. The van der Waals surface area contributed by atoms with Gasteiger partial charge in [-0.2, -0.15) is 0 Å². The second-order valence-corrected chi connectivity index (χ2v) is 5.85. The number of anilines is 2. The van der Waals surface area contributed by atoms with Gasteiger partial charge in [0.05, 0.1) is 12.8 Å². The van der Waals surface area contributed by atoms with Crippen molar-refractivity contribution in [2.45, 2.75) is 0 Å². The fraction of sp³-hybridized carbons (Fsp3) is 0.100. The van der Waals surface area contributed by atoms with Crippen molar-refractivity contribution in [1.82, 2.24) is 0 Å². The lowest BCUT2D eigenvalue weighted by Gasteiger charge is -2.17. The Bertz CT molecular complexity index is 975. The molecule has 0 saturated heterocycles. The van der Waals surface area contributed by atoms with E-state index in [0.717, 1.165) is 22.2 Å². The van der Waals surface area contributed by atoms with Crippen LogP contribution in [-0.2, 0) is 4.79 Å². The average Bonchev–Trinajstić information content (AvgIpc) is 2.90. The Morgan fingerprint density at radius 2 is 1.76 bits per heavy atom. The summed E-state index contributed by atoms with van der Waals surface area (Å²) < 4.78 is 5.10. The molecule has 5 heteroatoms. The van der Waals surface area contributed by atoms with Crippen LogP contribution < -0.4 is 15.0 Å². The molecule has 1 N–H and O–H groups in total. The Hall–Kier alpha value is -3.34. The van der Waals surface area contributed by atoms with E-state index < -0.39 is 0 Å². The summed E-state index contributed by atoms with van der Waals surface area (Å²) in [6.45, 7) is -0.0291. The van der Waals surface area contributed by atoms with E-state index in [2.05, 4.69) is 5.32 Å². The maximum absolute atomic E-state index is 12.7. The Morgan fingerprint density at radius 3 is 2.48 bits per heavy atom. The van der Waals surface area contributed by atoms with E-state index in [4.69, 9.17) is 4.74 Å². The summed E-state index contributed by atoms with van der Waals surface area (Å²) in [6, 6.07) is 18.4. The van der Waals surface area contributed by atoms with Crippen molar-refractivity contribution < 1.29 is 14.3 Å². The van der Waals surface area contributed by atoms with Crippen LogP contribution in [0, 0.1) is 0 Å². The fourth-order valence-corrected chi connectivity index (χ4v) is 3.15. The van der Waals surface area contributed by atoms with Crippen LogP contribution in [0.3, 0.4) is 0 Å². The Balaban J connectivity index is 1.56. The number of amides is 2. The molecule has 4 rings (SSSR count). The molecule has 25 heavy (non-hydrogen) atoms. The van der Waals surface area contributed by atoms with E-state index in [1.807, 2.05) is 30.3 Å². The van der Waals surface area contributed by atoms with Crippen LogP contribution in [0.4, 0.5) is 11.4 Å². The molecule has 0 aromatic heterocycles. The molecule has 3 aromatic rings. The first-order valence-corrected chi connectivity index (χ1v) is 7.95. The van der Waals surface area contributed by atoms with Crippen molar-refractivity contribution in [3.63, 3.8) is 0 Å². The maximum atomic E-state index is 12.7. The summed E-state index contributed by atoms with van der Waals surface area (Å²) in [7, 11) is 1.59. The molecule has 3 aromatic carbocycles. The Morgan fingerprint density at radius 1 is 1.04 bits per heavy atom. The molecule has 5 nitrogen and oxygen atoms in total. The van der Waals surface area contributed by atoms with E-state index in [0.29, 0.717) is 11.3 Å². The zero-order valence-electron chi connectivity index (χ0n) is 13.7. The number of hydrogen-bond acceptors (Lipinski definition) is 3. The summed E-state index contributed by atoms with van der Waals surface area (Å²) in [5.74, 6) is 0.329. The van der Waals surface area contributed by atoms with Crippen LogP contribution >= 0.6 is 0 Å². The third kappa shape index (κ3) is 2.59. The molecule has 0 fully saturated rings. The zero-order valence-corrected chi connectivity index (χ0v) is 13.7. The van der Waals surface area contributed by atoms with Crippen LogP contribution in [-0.4, -0.2) is 25.5 Å². The van der Waals surface area contributed by atoms with Crippen LogP contribution in [0.1, 0.15) is 10.4 Å². The standard InChI is InChI=1S/C20H16N2O3/c1-25-15-10-8-14(9-11-15)21-18(23)12-22-17-7-3-5-13-4-2-6-16(19(13)17)20(22)24/h2-11H,12H2,1H3,(H,21,23). The number of benzene rings is 3. The van der Waals surface area contributed by atoms with E-state index in [9.17, 15) is 9.59 Å². The minimum atomic E-state index is -0.247. The third-order valence-corrected chi connectivity index (χ3v) is 4.32. The van der Waals surface area contributed by atoms with Gasteiger partial charge in [-0.15, -0.1) is 0 Å². The van der Waals surface area contributed by atoms with Gasteiger partial charge in [0, 0.05) is 16.6 Å². The van der Waals surface area contributed by atoms with Gasteiger partial charge in [0.15, 0.2) is 0 Å². The number of hydrogen-bond donors (Lipinski definition) is 1. The number of methoxy groups -OCH3 is 1. The summed E-state index contributed by atoms with van der Waals surface area (Å²) >= 11 is 0. The number of rotatable bonds is 4. The largest absolute Gasteiger partial charge is 0.497 e. The molecular weight excluding hydrogens is 316 g/mol. The third-order valence-electron chi connectivity index (χ3n) is 4.32. The SMILES string of the molecule is COc1ccc(NC(=O)CN2C(=O)c3cccc4cccc2c34)cc1. The van der Waals surface area contributed by atoms with Gasteiger partial charge in [0.25, 0.3) is 5.91 Å². The number of nitrogens with one attached hydrogen (secondary N) is 1. The molecule has 0 unspecified atom stereocenters. The molecule has 2 amide bonds. The van der Waals surface area contributed by atoms with Gasteiger partial charge in [-0.1, -0.05) is 24.3 Å². The highest BCUT2D eigenvalue weighted by Crippen LogP contribution is 2.36. The second-order valence-electron chi connectivity index (χ2n) is 5.85. The first-order chi connectivity index (χ1) is 12.2. The van der Waals surface area contributed by atoms with Crippen molar-refractivity contribution in [3.05, 3.63) is 66.2 Å². The van der Waals surface area contributed by atoms with Crippen LogP contribution in [0.5, 0.6) is 5.75 Å². The van der Waals surface area contributed by atoms with Gasteiger partial charge < -0.3 is 10.1 Å². The highest BCUT2D eigenvalue weighted by Gasteiger charge is 2.30. The number of ether oxygens (including phenoxy) is 1. The molecule has 1 heterocycles. The van der Waals surface area contributed by atoms with Crippen molar-refractivity contribution in [2.75, 3.05) is 23.9 Å². The predicted octanol–water partition coefficient (Wildman–Crippen LogP) is 3.45. The lowest BCUT2D eigenvalue weighted by molar-refractivity contribution is -0.114. The van der Waals surface area contributed by atoms with E-state index in [1.165, 1.54) is 4.90 Å². The van der Waals surface area contributed by atoms with Gasteiger partial charge in [-0.25, -0.2) is 0 Å². The van der Waals surface area contributed by atoms with Crippen LogP contribution in [0.25, 0.3) is 10.8 Å². The lowest BCUT2D eigenvalue weighted by atomic mass is 10.1. The normalized spacial score (nSPS) is 12.5. The van der Waals surface area contributed by atoms with Crippen LogP contribution in [0.15, 0.2) is 60.7 Å². The summed E-state index contributed by atoms with van der Waals surface area (Å²) in [5.41, 5.74) is 2.08. The van der Waals surface area contributed by atoms with Crippen molar-refractivity contribution >= 4 is 34.0 Å². The molecule has 0 saturated carbocycles. The van der Waals surface area contributed by atoms with Gasteiger partial charge >= 0.3 is 0 Å². The molecule has 0 atom stereocenters. The van der Waals surface area contributed by atoms with Crippen molar-refractivity contribution in [3.8, 4) is 5.75 Å². The minimum Gasteiger partial charge on any atom is -0.497 e. The summed E-state index contributed by atoms with van der Waals surface area (Å²) in [4.78, 5) is 26.6. The molecule has 0 bridgehead atoms. The first-order valence-electron chi connectivity index (χ1n) is 7.95. The molecule has 1 aliphatic rings. The number of carbonyl (C=O) groups excluding carboxylic acids is 2. The van der Waals surface area contributed by atoms with Crippen molar-refractivity contribution in [2.24, 2.45) is 0 Å². The predicted molar refractivity (Wildman–Crippen MR) is 97.2 cm³/mol. The van der Waals surface area contributed by atoms with E-state index >= 15 is 0 Å². The molecule has 1 aliphatic heterocycles. The maximum Gasteiger partial charge on any atom is 0.259 e. The van der Waals surface area contributed by atoms with Gasteiger partial charge in [0.2, 0.25) is 5.91 Å². The number of nitrogens with zero attached hydrogens (tertiary/aromatic N) is 1. The topological polar surface area (TPSA) is 58.6 Å². The second kappa shape index (κ2) is 5.94. The monoisotopic (exact) mass is 332 g/mol. The summed E-state index contributed by atoms with van der Waals surface area (Å²) in [6.07, 6.45) is 0. The Labute approximate surface area is 144 Å². The molecule has 124 valence electrons. The highest BCUT2D eigenvalue weighted by molar-refractivity contribution is 6.26. The van der Waals surface area contributed by atoms with E-state index in [1.54, 1.807) is 37.4 Å². The van der Waals surface area contributed by atoms with Gasteiger partial charge in [-0.05, 0) is 41.8 Å². The molecular formula is C20H16N2O3. The minimum absolute atomic E-state index is 0.0291. The Kier molecular flexibility index (Phi) is 3.61. The fourth-order valence-electron chi connectivity index (χ4n) is 3.15. The lowest BCUT2D eigenvalue weighted by Crippen LogP contribution is -2.35. The number of carbonyl (C=O) groups is 2. The smallest absolute Gasteiger partial charge is 0.259 e. The summed E-state index contributed by atoms with van der Waals surface area (Å²) in [5, 5.41) is 4.72. The molecule has 0 aliphatic carbocycles. The first kappa shape index (κ1) is 15.2. The van der Waals surface area contributed by atoms with E-state index in [-0.39, 0.29) is 18.4 Å². The molecule has 0 radical (unpaired) electrons. The molecule has 0 spiro atoms. The highest BCUT2D eigenvalue weighted by atomic mass is 16.5. The van der Waals surface area contributed by atoms with Crippen LogP contribution in [0.2, 0.25) is 0 Å². The van der Waals surface area contributed by atoms with Gasteiger partial charge in [-0.3, -0.25) is 14.5 Å². The van der Waals surface area contributed by atoms with Gasteiger partial charge in [0.1, 0.15) is 12.3 Å². The average molecular weight is 332 g/mol. The zero-order chi connectivity index (χ0) is 17.4.